The molecule has 0 amide bonds. The molecule has 21 heavy (non-hydrogen) atoms. The largest absolute Gasteiger partial charge is 0.496 e. The fraction of sp³-hybridized carbons (Fsp3) is 0.333. The molecule has 0 unspecified atom stereocenters. The molecule has 2 heterocycles. The van der Waals surface area contributed by atoms with Crippen LogP contribution in [0.1, 0.15) is 23.3 Å². The molecule has 0 radical (unpaired) electrons. The average Bonchev–Trinajstić information content (AvgIpc) is 3.04. The minimum atomic E-state index is 0.965. The summed E-state index contributed by atoms with van der Waals surface area (Å²) in [5.74, 6) is 0.965. The second kappa shape index (κ2) is 6.46. The molecule has 0 atom stereocenters. The van der Waals surface area contributed by atoms with Crippen molar-refractivity contribution < 1.29 is 4.74 Å². The molecule has 0 N–H and O–H groups in total. The van der Waals surface area contributed by atoms with Crippen molar-refractivity contribution in [3.05, 3.63) is 57.8 Å². The number of hydrogen-bond donors (Lipinski definition) is 0. The van der Waals surface area contributed by atoms with Crippen LogP contribution in [0.25, 0.3) is 5.57 Å². The van der Waals surface area contributed by atoms with Gasteiger partial charge in [-0.05, 0) is 37.4 Å². The Balaban J connectivity index is 2.11. The number of piperidine rings is 1. The molecule has 1 aliphatic rings. The van der Waals surface area contributed by atoms with Crippen molar-refractivity contribution in [1.29, 1.82) is 0 Å². The molecule has 110 valence electrons. The van der Waals surface area contributed by atoms with Crippen molar-refractivity contribution in [2.75, 3.05) is 27.2 Å². The lowest BCUT2D eigenvalue weighted by molar-refractivity contribution is 0.313. The lowest BCUT2D eigenvalue weighted by atomic mass is 9.91. The van der Waals surface area contributed by atoms with Crippen molar-refractivity contribution in [3.63, 3.8) is 0 Å². The molecule has 3 rings (SSSR count). The van der Waals surface area contributed by atoms with Crippen molar-refractivity contribution in [2.24, 2.45) is 0 Å². The van der Waals surface area contributed by atoms with Gasteiger partial charge >= 0.3 is 0 Å². The summed E-state index contributed by atoms with van der Waals surface area (Å²) in [6.07, 6.45) is 2.28. The molecule has 2 nitrogen and oxygen atoms in total. The fourth-order valence-corrected chi connectivity index (χ4v) is 3.74. The highest BCUT2D eigenvalue weighted by atomic mass is 32.1. The first-order chi connectivity index (χ1) is 10.3. The highest BCUT2D eigenvalue weighted by Crippen LogP contribution is 2.38. The first-order valence-electron chi connectivity index (χ1n) is 7.37. The van der Waals surface area contributed by atoms with Crippen LogP contribution < -0.4 is 4.74 Å². The van der Waals surface area contributed by atoms with Gasteiger partial charge in [-0.2, -0.15) is 0 Å². The number of likely N-dealkylation sites (tertiary alicyclic amines) is 1. The minimum Gasteiger partial charge on any atom is -0.496 e. The molecule has 2 aromatic rings. The Labute approximate surface area is 130 Å². The zero-order valence-corrected chi connectivity index (χ0v) is 13.5. The molecule has 1 aliphatic heterocycles. The first kappa shape index (κ1) is 14.4. The molecule has 0 aliphatic carbocycles. The Morgan fingerprint density at radius 1 is 1.10 bits per heavy atom. The Bertz CT molecular complexity index is 620. The number of methoxy groups -OCH3 is 1. The number of thiophene rings is 1. The smallest absolute Gasteiger partial charge is 0.126 e. The maximum absolute atomic E-state index is 5.60. The second-order valence-electron chi connectivity index (χ2n) is 5.46. The zero-order chi connectivity index (χ0) is 14.7. The maximum Gasteiger partial charge on any atom is 0.126 e. The molecule has 3 heteroatoms. The molecule has 0 saturated carbocycles. The van der Waals surface area contributed by atoms with Gasteiger partial charge in [0.1, 0.15) is 5.75 Å². The van der Waals surface area contributed by atoms with E-state index in [1.54, 1.807) is 12.7 Å². The summed E-state index contributed by atoms with van der Waals surface area (Å²) in [5.41, 5.74) is 4.16. The first-order valence-corrected chi connectivity index (χ1v) is 8.25. The van der Waals surface area contributed by atoms with E-state index in [-0.39, 0.29) is 0 Å². The number of para-hydroxylation sites is 1. The third-order valence-electron chi connectivity index (χ3n) is 4.09. The van der Waals surface area contributed by atoms with Gasteiger partial charge in [0, 0.05) is 29.1 Å². The Hall–Kier alpha value is -1.58. The van der Waals surface area contributed by atoms with Crippen LogP contribution in [0.2, 0.25) is 0 Å². The molecular weight excluding hydrogens is 278 g/mol. The number of ether oxygens (including phenoxy) is 1. The van der Waals surface area contributed by atoms with E-state index in [9.17, 15) is 0 Å². The lowest BCUT2D eigenvalue weighted by Gasteiger charge is -2.27. The monoisotopic (exact) mass is 299 g/mol. The van der Waals surface area contributed by atoms with E-state index in [0.29, 0.717) is 0 Å². The van der Waals surface area contributed by atoms with Gasteiger partial charge in [0.15, 0.2) is 0 Å². The van der Waals surface area contributed by atoms with Crippen LogP contribution >= 0.6 is 11.3 Å². The molecule has 0 spiro atoms. The number of nitrogens with zero attached hydrogens (tertiary/aromatic N) is 1. The van der Waals surface area contributed by atoms with Crippen LogP contribution in [0.3, 0.4) is 0 Å². The van der Waals surface area contributed by atoms with Crippen LogP contribution in [-0.4, -0.2) is 32.1 Å². The standard InChI is InChI=1S/C18H21NOS/c1-19-11-9-14(10-12-19)18(17-8-5-13-21-17)15-6-3-4-7-16(15)20-2/h3-8,13H,9-12H2,1-2H3. The van der Waals surface area contributed by atoms with Gasteiger partial charge in [-0.15, -0.1) is 11.3 Å². The van der Waals surface area contributed by atoms with Crippen LogP contribution in [0.4, 0.5) is 0 Å². The summed E-state index contributed by atoms with van der Waals surface area (Å²) in [5, 5.41) is 2.15. The summed E-state index contributed by atoms with van der Waals surface area (Å²) >= 11 is 1.81. The molecule has 1 aromatic heterocycles. The van der Waals surface area contributed by atoms with Gasteiger partial charge in [-0.25, -0.2) is 0 Å². The summed E-state index contributed by atoms with van der Waals surface area (Å²) < 4.78 is 5.60. The molecule has 0 bridgehead atoms. The van der Waals surface area contributed by atoms with E-state index in [1.807, 2.05) is 17.4 Å². The Morgan fingerprint density at radius 3 is 2.52 bits per heavy atom. The molecule has 1 saturated heterocycles. The average molecular weight is 299 g/mol. The van der Waals surface area contributed by atoms with E-state index >= 15 is 0 Å². The normalized spacial score (nSPS) is 16.0. The summed E-state index contributed by atoms with van der Waals surface area (Å²) in [4.78, 5) is 3.75. The van der Waals surface area contributed by atoms with E-state index in [0.717, 1.165) is 31.7 Å². The summed E-state index contributed by atoms with van der Waals surface area (Å²) in [7, 11) is 3.95. The summed E-state index contributed by atoms with van der Waals surface area (Å²) in [6, 6.07) is 12.7. The Kier molecular flexibility index (Phi) is 4.42. The topological polar surface area (TPSA) is 12.5 Å². The van der Waals surface area contributed by atoms with Crippen molar-refractivity contribution in [1.82, 2.24) is 4.90 Å². The van der Waals surface area contributed by atoms with E-state index in [1.165, 1.54) is 16.0 Å². The highest BCUT2D eigenvalue weighted by molar-refractivity contribution is 7.11. The van der Waals surface area contributed by atoms with Gasteiger partial charge in [-0.3, -0.25) is 0 Å². The van der Waals surface area contributed by atoms with Crippen LogP contribution in [0.15, 0.2) is 47.4 Å². The van der Waals surface area contributed by atoms with Crippen LogP contribution in [-0.2, 0) is 0 Å². The molecule has 1 fully saturated rings. The van der Waals surface area contributed by atoms with Gasteiger partial charge in [0.25, 0.3) is 0 Å². The molecular formula is C18H21NOS. The SMILES string of the molecule is COc1ccccc1C(=C1CCN(C)CC1)c1cccs1. The van der Waals surface area contributed by atoms with E-state index in [4.69, 9.17) is 4.74 Å². The van der Waals surface area contributed by atoms with Crippen LogP contribution in [0.5, 0.6) is 5.75 Å². The third-order valence-corrected chi connectivity index (χ3v) is 4.98. The van der Waals surface area contributed by atoms with Crippen molar-refractivity contribution >= 4 is 16.9 Å². The van der Waals surface area contributed by atoms with Gasteiger partial charge in [0.2, 0.25) is 0 Å². The zero-order valence-electron chi connectivity index (χ0n) is 12.6. The maximum atomic E-state index is 5.60. The van der Waals surface area contributed by atoms with E-state index < -0.39 is 0 Å². The predicted molar refractivity (Wildman–Crippen MR) is 90.1 cm³/mol. The quantitative estimate of drug-likeness (QED) is 0.838. The lowest BCUT2D eigenvalue weighted by Crippen LogP contribution is -2.26. The number of benzene rings is 1. The van der Waals surface area contributed by atoms with Gasteiger partial charge in [-0.1, -0.05) is 29.8 Å². The summed E-state index contributed by atoms with van der Waals surface area (Å²) in [6.45, 7) is 2.28. The molecule has 1 aromatic carbocycles. The van der Waals surface area contributed by atoms with Gasteiger partial charge < -0.3 is 9.64 Å². The fourth-order valence-electron chi connectivity index (χ4n) is 2.91. The van der Waals surface area contributed by atoms with E-state index in [2.05, 4.69) is 47.7 Å². The number of hydrogen-bond acceptors (Lipinski definition) is 3. The highest BCUT2D eigenvalue weighted by Gasteiger charge is 2.19. The predicted octanol–water partition coefficient (Wildman–Crippen LogP) is 4.28. The second-order valence-corrected chi connectivity index (χ2v) is 6.41. The third kappa shape index (κ3) is 3.04. The minimum absolute atomic E-state index is 0.965. The van der Waals surface area contributed by atoms with Crippen molar-refractivity contribution in [3.8, 4) is 5.75 Å². The van der Waals surface area contributed by atoms with Crippen molar-refractivity contribution in [2.45, 2.75) is 12.8 Å². The van der Waals surface area contributed by atoms with Crippen LogP contribution in [0, 0.1) is 0 Å². The van der Waals surface area contributed by atoms with Gasteiger partial charge in [0.05, 0.1) is 7.11 Å². The number of rotatable bonds is 3. The Morgan fingerprint density at radius 2 is 1.86 bits per heavy atom.